The van der Waals surface area contributed by atoms with Crippen LogP contribution < -0.4 is 0 Å². The molecule has 0 aliphatic carbocycles. The smallest absolute Gasteiger partial charge is 0.277 e. The topological polar surface area (TPSA) is 77.4 Å². The lowest BCUT2D eigenvalue weighted by atomic mass is 10.0. The molecule has 4 rings (SSSR count). The molecule has 0 amide bonds. The fraction of sp³-hybridized carbons (Fsp3) is 0.400. The highest BCUT2D eigenvalue weighted by Gasteiger charge is 2.54. The molecule has 0 spiro atoms. The second-order valence-corrected chi connectivity index (χ2v) is 7.68. The maximum Gasteiger partial charge on any atom is 0.277 e. The highest BCUT2D eigenvalue weighted by molar-refractivity contribution is 6.22. The molecule has 2 N–H and O–H groups in total. The van der Waals surface area contributed by atoms with Gasteiger partial charge in [-0.15, -0.1) is 0 Å². The molecule has 6 atom stereocenters. The number of alkyl halides is 2. The molecule has 2 aliphatic heterocycles. The summed E-state index contributed by atoms with van der Waals surface area (Å²) in [4.78, 5) is 0. The molecular weight excluding hydrogens is 407 g/mol. The Morgan fingerprint density at radius 1 is 0.893 bits per heavy atom. The number of aliphatic hydroxyl groups is 2. The van der Waals surface area contributed by atoms with Crippen molar-refractivity contribution in [1.82, 2.24) is 0 Å². The Balaban J connectivity index is 1.51. The zero-order chi connectivity index (χ0) is 19.8. The van der Waals surface area contributed by atoms with Crippen molar-refractivity contribution in [3.8, 4) is 0 Å². The highest BCUT2D eigenvalue weighted by Crippen LogP contribution is 2.45. The molecule has 2 aromatic carbocycles. The van der Waals surface area contributed by atoms with E-state index in [4.69, 9.17) is 42.1 Å². The molecule has 2 aliphatic rings. The van der Waals surface area contributed by atoms with E-state index >= 15 is 0 Å². The Labute approximate surface area is 172 Å². The summed E-state index contributed by atoms with van der Waals surface area (Å²) in [5, 5.41) is 17.5. The molecule has 0 radical (unpaired) electrons. The minimum absolute atomic E-state index is 0.0399. The largest absolute Gasteiger partial charge is 0.394 e. The van der Waals surface area contributed by atoms with Gasteiger partial charge in [0, 0.05) is 11.1 Å². The van der Waals surface area contributed by atoms with Gasteiger partial charge in [0.15, 0.2) is 0 Å². The molecule has 0 saturated carbocycles. The lowest BCUT2D eigenvalue weighted by Crippen LogP contribution is -2.45. The summed E-state index contributed by atoms with van der Waals surface area (Å²) >= 11 is 13.0. The van der Waals surface area contributed by atoms with E-state index in [2.05, 4.69) is 0 Å². The summed E-state index contributed by atoms with van der Waals surface area (Å²) in [7, 11) is 0. The van der Waals surface area contributed by atoms with Gasteiger partial charge in [0.25, 0.3) is 10.5 Å². The third-order valence-corrected chi connectivity index (χ3v) is 5.64. The van der Waals surface area contributed by atoms with Crippen LogP contribution in [0.1, 0.15) is 11.1 Å². The predicted molar refractivity (Wildman–Crippen MR) is 102 cm³/mol. The number of benzene rings is 2. The molecule has 6 nitrogen and oxygen atoms in total. The van der Waals surface area contributed by atoms with Crippen molar-refractivity contribution in [2.75, 3.05) is 13.2 Å². The maximum atomic E-state index is 10.9. The fourth-order valence-electron chi connectivity index (χ4n) is 3.37. The van der Waals surface area contributed by atoms with Gasteiger partial charge in [-0.1, -0.05) is 83.9 Å². The molecule has 0 bridgehead atoms. The first kappa shape index (κ1) is 20.1. The predicted octanol–water partition coefficient (Wildman–Crippen LogP) is 2.64. The Bertz CT molecular complexity index is 794. The average Bonchev–Trinajstić information content (AvgIpc) is 3.31. The second-order valence-electron chi connectivity index (χ2n) is 6.68. The van der Waals surface area contributed by atoms with Gasteiger partial charge in [0.05, 0.1) is 13.2 Å². The maximum absolute atomic E-state index is 10.9. The first-order valence-electron chi connectivity index (χ1n) is 8.90. The lowest BCUT2D eigenvalue weighted by Gasteiger charge is -2.27. The van der Waals surface area contributed by atoms with E-state index in [-0.39, 0.29) is 13.2 Å². The van der Waals surface area contributed by atoms with Crippen molar-refractivity contribution < 1.29 is 29.2 Å². The third kappa shape index (κ3) is 3.67. The summed E-state index contributed by atoms with van der Waals surface area (Å²) in [5.41, 5.74) is 1.18. The van der Waals surface area contributed by atoms with Gasteiger partial charge < -0.3 is 29.2 Å². The molecule has 8 heteroatoms. The average molecular weight is 427 g/mol. The number of aliphatic hydroxyl groups excluding tert-OH is 2. The van der Waals surface area contributed by atoms with E-state index in [0.29, 0.717) is 11.1 Å². The van der Waals surface area contributed by atoms with Crippen LogP contribution in [0.15, 0.2) is 60.7 Å². The van der Waals surface area contributed by atoms with Crippen LogP contribution in [0.25, 0.3) is 0 Å². The van der Waals surface area contributed by atoms with Crippen LogP contribution in [0.4, 0.5) is 0 Å². The van der Waals surface area contributed by atoms with Gasteiger partial charge in [0.1, 0.15) is 24.4 Å². The minimum Gasteiger partial charge on any atom is -0.394 e. The van der Waals surface area contributed by atoms with Crippen molar-refractivity contribution in [1.29, 1.82) is 0 Å². The van der Waals surface area contributed by atoms with Gasteiger partial charge in [-0.25, -0.2) is 0 Å². The van der Waals surface area contributed by atoms with E-state index in [0.717, 1.165) is 0 Å². The molecule has 150 valence electrons. The number of ether oxygens (including phenoxy) is 4. The highest BCUT2D eigenvalue weighted by atomic mass is 35.5. The number of hydrogen-bond donors (Lipinski definition) is 2. The van der Waals surface area contributed by atoms with E-state index in [9.17, 15) is 10.2 Å². The monoisotopic (exact) mass is 426 g/mol. The van der Waals surface area contributed by atoms with E-state index in [1.807, 2.05) is 24.3 Å². The quantitative estimate of drug-likeness (QED) is 0.715. The molecule has 0 aromatic heterocycles. The van der Waals surface area contributed by atoms with Crippen molar-refractivity contribution in [3.05, 3.63) is 71.8 Å². The molecule has 28 heavy (non-hydrogen) atoms. The fourth-order valence-corrected chi connectivity index (χ4v) is 4.01. The summed E-state index contributed by atoms with van der Waals surface area (Å²) in [5.74, 6) is 0. The van der Waals surface area contributed by atoms with E-state index in [1.165, 1.54) is 0 Å². The van der Waals surface area contributed by atoms with Gasteiger partial charge in [-0.3, -0.25) is 0 Å². The van der Waals surface area contributed by atoms with Crippen LogP contribution >= 0.6 is 23.2 Å². The first-order valence-corrected chi connectivity index (χ1v) is 9.66. The van der Waals surface area contributed by atoms with Crippen molar-refractivity contribution in [2.45, 2.75) is 34.9 Å². The molecule has 2 saturated heterocycles. The van der Waals surface area contributed by atoms with Gasteiger partial charge in [-0.05, 0) is 0 Å². The third-order valence-electron chi connectivity index (χ3n) is 4.83. The molecular formula is C20H20Cl2O6. The second kappa shape index (κ2) is 7.89. The molecule has 2 heterocycles. The molecule has 2 aromatic rings. The zero-order valence-electron chi connectivity index (χ0n) is 14.8. The summed E-state index contributed by atoms with van der Waals surface area (Å²) in [6.45, 7) is -0.348. The Morgan fingerprint density at radius 2 is 1.46 bits per heavy atom. The number of hydrogen-bond acceptors (Lipinski definition) is 6. The van der Waals surface area contributed by atoms with Crippen LogP contribution in [0.5, 0.6) is 0 Å². The van der Waals surface area contributed by atoms with Crippen LogP contribution in [0, 0.1) is 0 Å². The summed E-state index contributed by atoms with van der Waals surface area (Å²) in [6.07, 6.45) is -3.77. The van der Waals surface area contributed by atoms with Crippen LogP contribution in [-0.2, 0) is 29.4 Å². The Kier molecular flexibility index (Phi) is 5.66. The van der Waals surface area contributed by atoms with Crippen LogP contribution in [0.2, 0.25) is 0 Å². The van der Waals surface area contributed by atoms with Gasteiger partial charge in [-0.2, -0.15) is 0 Å². The summed E-state index contributed by atoms with van der Waals surface area (Å²) in [6, 6.07) is 17.9. The minimum atomic E-state index is -1.61. The van der Waals surface area contributed by atoms with Crippen molar-refractivity contribution in [2.24, 2.45) is 0 Å². The standard InChI is InChI=1S/C20H20Cl2O6/c21-19(13-7-3-1-4-8-13)25-12-16(27-19)17(24)18-15(11-23)26-20(22,28-18)14-9-5-2-6-10-14/h1-10,15-18,23-24H,11-12H2/t15-,16+,17+,18+,19?,20?/m0/s1. The van der Waals surface area contributed by atoms with Crippen molar-refractivity contribution >= 4 is 23.2 Å². The number of rotatable bonds is 5. The first-order chi connectivity index (χ1) is 13.5. The van der Waals surface area contributed by atoms with Gasteiger partial charge >= 0.3 is 0 Å². The SMILES string of the molecule is OC[C@@H]1OC(Cl)(c2ccccc2)O[C@H]1[C@H](O)[C@H]1COC(Cl)(c2ccccc2)O1. The molecule has 2 unspecified atom stereocenters. The van der Waals surface area contributed by atoms with Crippen molar-refractivity contribution in [3.63, 3.8) is 0 Å². The van der Waals surface area contributed by atoms with Crippen LogP contribution in [0.3, 0.4) is 0 Å². The van der Waals surface area contributed by atoms with E-state index < -0.39 is 34.9 Å². The molecule has 2 fully saturated rings. The lowest BCUT2D eigenvalue weighted by molar-refractivity contribution is -0.154. The van der Waals surface area contributed by atoms with Gasteiger partial charge in [0.2, 0.25) is 0 Å². The van der Waals surface area contributed by atoms with E-state index in [1.54, 1.807) is 36.4 Å². The zero-order valence-corrected chi connectivity index (χ0v) is 16.3. The Hall–Kier alpha value is -1.22. The normalized spacial score (nSPS) is 36.5. The Morgan fingerprint density at radius 3 is 2.04 bits per heavy atom. The summed E-state index contributed by atoms with van der Waals surface area (Å²) < 4.78 is 23.0. The number of halogens is 2. The van der Waals surface area contributed by atoms with Crippen LogP contribution in [-0.4, -0.2) is 47.8 Å².